The molecule has 0 aromatic heterocycles. The van der Waals surface area contributed by atoms with Gasteiger partial charge >= 0.3 is 0 Å². The second-order valence-corrected chi connectivity index (χ2v) is 4.50. The van der Waals surface area contributed by atoms with Crippen LogP contribution in [0.2, 0.25) is 0 Å². The van der Waals surface area contributed by atoms with Crippen molar-refractivity contribution in [3.05, 3.63) is 30.3 Å². The Labute approximate surface area is 86.0 Å². The minimum Gasteiger partial charge on any atom is -0.257 e. The highest BCUT2D eigenvalue weighted by atomic mass is 35.6. The van der Waals surface area contributed by atoms with Crippen LogP contribution >= 0.6 is 34.8 Å². The molecular weight excluding hydrogens is 216 g/mol. The SMILES string of the molecule is ClC(Cl)(Cl)C=Nc1ccccc1. The number of hydrogen-bond donors (Lipinski definition) is 0. The van der Waals surface area contributed by atoms with Gasteiger partial charge in [-0.05, 0) is 12.1 Å². The second-order valence-electron chi connectivity index (χ2n) is 2.14. The molecule has 0 radical (unpaired) electrons. The number of nitrogens with zero attached hydrogens (tertiary/aromatic N) is 1. The monoisotopic (exact) mass is 221 g/mol. The van der Waals surface area contributed by atoms with E-state index >= 15 is 0 Å². The molecule has 1 aromatic carbocycles. The zero-order valence-electron chi connectivity index (χ0n) is 6.05. The molecule has 0 spiro atoms. The van der Waals surface area contributed by atoms with Gasteiger partial charge in [0.15, 0.2) is 0 Å². The van der Waals surface area contributed by atoms with Crippen LogP contribution in [0.25, 0.3) is 0 Å². The third-order valence-electron chi connectivity index (χ3n) is 1.12. The Kier molecular flexibility index (Phi) is 3.39. The molecule has 0 aliphatic heterocycles. The van der Waals surface area contributed by atoms with E-state index in [1.807, 2.05) is 30.3 Å². The summed E-state index contributed by atoms with van der Waals surface area (Å²) in [6.07, 6.45) is 1.27. The Morgan fingerprint density at radius 2 is 1.67 bits per heavy atom. The van der Waals surface area contributed by atoms with Crippen LogP contribution in [0.3, 0.4) is 0 Å². The third-order valence-corrected chi connectivity index (χ3v) is 1.41. The molecule has 1 nitrogen and oxygen atoms in total. The van der Waals surface area contributed by atoms with E-state index in [0.29, 0.717) is 0 Å². The summed E-state index contributed by atoms with van der Waals surface area (Å²) in [7, 11) is 0. The van der Waals surface area contributed by atoms with Gasteiger partial charge in [0, 0.05) is 0 Å². The Hall–Kier alpha value is -0.240. The minimum atomic E-state index is -1.42. The molecule has 1 aromatic rings. The summed E-state index contributed by atoms with van der Waals surface area (Å²) in [6, 6.07) is 9.28. The van der Waals surface area contributed by atoms with Gasteiger partial charge in [-0.2, -0.15) is 0 Å². The number of para-hydroxylation sites is 1. The van der Waals surface area contributed by atoms with Gasteiger partial charge in [0.1, 0.15) is 0 Å². The van der Waals surface area contributed by atoms with Crippen LogP contribution in [0.15, 0.2) is 35.3 Å². The molecule has 64 valence electrons. The smallest absolute Gasteiger partial charge is 0.225 e. The summed E-state index contributed by atoms with van der Waals surface area (Å²) < 4.78 is -1.42. The first-order valence-corrected chi connectivity index (χ1v) is 4.38. The fourth-order valence-electron chi connectivity index (χ4n) is 0.662. The molecule has 0 aliphatic carbocycles. The van der Waals surface area contributed by atoms with Gasteiger partial charge in [0.2, 0.25) is 3.79 Å². The maximum atomic E-state index is 5.46. The third kappa shape index (κ3) is 3.96. The summed E-state index contributed by atoms with van der Waals surface area (Å²) in [5, 5.41) is 0. The minimum absolute atomic E-state index is 0.767. The molecular formula is C8H6Cl3N. The van der Waals surface area contributed by atoms with Gasteiger partial charge in [-0.1, -0.05) is 53.0 Å². The van der Waals surface area contributed by atoms with Gasteiger partial charge in [-0.3, -0.25) is 4.99 Å². The molecule has 12 heavy (non-hydrogen) atoms. The van der Waals surface area contributed by atoms with E-state index in [1.165, 1.54) is 6.21 Å². The van der Waals surface area contributed by atoms with Crippen molar-refractivity contribution in [3.8, 4) is 0 Å². The normalized spacial score (nSPS) is 12.2. The van der Waals surface area contributed by atoms with E-state index in [0.717, 1.165) is 5.69 Å². The van der Waals surface area contributed by atoms with Gasteiger partial charge in [0.25, 0.3) is 0 Å². The van der Waals surface area contributed by atoms with Crippen LogP contribution in [0, 0.1) is 0 Å². The lowest BCUT2D eigenvalue weighted by Gasteiger charge is -2.00. The van der Waals surface area contributed by atoms with Crippen molar-refractivity contribution in [2.24, 2.45) is 4.99 Å². The van der Waals surface area contributed by atoms with E-state index in [2.05, 4.69) is 4.99 Å². The molecule has 0 bridgehead atoms. The van der Waals surface area contributed by atoms with Gasteiger partial charge < -0.3 is 0 Å². The summed E-state index contributed by atoms with van der Waals surface area (Å²) >= 11 is 16.4. The molecule has 0 saturated heterocycles. The standard InChI is InChI=1S/C8H6Cl3N/c9-8(10,11)6-12-7-4-2-1-3-5-7/h1-6H. The maximum Gasteiger partial charge on any atom is 0.225 e. The lowest BCUT2D eigenvalue weighted by atomic mass is 10.3. The zero-order chi connectivity index (χ0) is 9.03. The quantitative estimate of drug-likeness (QED) is 0.507. The average Bonchev–Trinajstić information content (AvgIpc) is 2.02. The number of halogens is 3. The van der Waals surface area contributed by atoms with Gasteiger partial charge in [0.05, 0.1) is 11.9 Å². The number of hydrogen-bond acceptors (Lipinski definition) is 1. The van der Waals surface area contributed by atoms with E-state index in [9.17, 15) is 0 Å². The fraction of sp³-hybridized carbons (Fsp3) is 0.125. The summed E-state index contributed by atoms with van der Waals surface area (Å²) in [4.78, 5) is 3.96. The van der Waals surface area contributed by atoms with Crippen LogP contribution in [0.5, 0.6) is 0 Å². The maximum absolute atomic E-state index is 5.46. The van der Waals surface area contributed by atoms with Crippen molar-refractivity contribution >= 4 is 46.7 Å². The van der Waals surface area contributed by atoms with Crippen molar-refractivity contribution in [3.63, 3.8) is 0 Å². The molecule has 1 rings (SSSR count). The predicted molar refractivity (Wildman–Crippen MR) is 54.9 cm³/mol. The molecule has 0 saturated carbocycles. The van der Waals surface area contributed by atoms with Crippen molar-refractivity contribution in [2.75, 3.05) is 0 Å². The average molecular weight is 223 g/mol. The van der Waals surface area contributed by atoms with Crippen LogP contribution in [-0.2, 0) is 0 Å². The predicted octanol–water partition coefficient (Wildman–Crippen LogP) is 3.76. The molecule has 0 heterocycles. The van der Waals surface area contributed by atoms with Gasteiger partial charge in [-0.25, -0.2) is 0 Å². The number of benzene rings is 1. The Balaban J connectivity index is 2.71. The van der Waals surface area contributed by atoms with Crippen molar-refractivity contribution < 1.29 is 0 Å². The first-order chi connectivity index (χ1) is 5.58. The van der Waals surface area contributed by atoms with E-state index in [-0.39, 0.29) is 0 Å². The molecule has 0 N–H and O–H groups in total. The molecule has 4 heteroatoms. The molecule has 0 atom stereocenters. The first kappa shape index (κ1) is 9.85. The Morgan fingerprint density at radius 1 is 1.08 bits per heavy atom. The number of aliphatic imine (C=N–C) groups is 1. The Bertz CT molecular complexity index is 263. The first-order valence-electron chi connectivity index (χ1n) is 3.25. The van der Waals surface area contributed by atoms with Crippen molar-refractivity contribution in [1.29, 1.82) is 0 Å². The van der Waals surface area contributed by atoms with Crippen LogP contribution < -0.4 is 0 Å². The summed E-state index contributed by atoms with van der Waals surface area (Å²) in [5.74, 6) is 0. The number of alkyl halides is 3. The largest absolute Gasteiger partial charge is 0.257 e. The van der Waals surface area contributed by atoms with Gasteiger partial charge in [-0.15, -0.1) is 0 Å². The van der Waals surface area contributed by atoms with E-state index in [1.54, 1.807) is 0 Å². The van der Waals surface area contributed by atoms with Crippen LogP contribution in [-0.4, -0.2) is 10.0 Å². The van der Waals surface area contributed by atoms with Crippen LogP contribution in [0.1, 0.15) is 0 Å². The van der Waals surface area contributed by atoms with E-state index < -0.39 is 3.79 Å². The lowest BCUT2D eigenvalue weighted by molar-refractivity contribution is 1.49. The summed E-state index contributed by atoms with van der Waals surface area (Å²) in [5.41, 5.74) is 0.767. The topological polar surface area (TPSA) is 12.4 Å². The lowest BCUT2D eigenvalue weighted by Crippen LogP contribution is -2.01. The van der Waals surface area contributed by atoms with Crippen LogP contribution in [0.4, 0.5) is 5.69 Å². The van der Waals surface area contributed by atoms with E-state index in [4.69, 9.17) is 34.8 Å². The second kappa shape index (κ2) is 4.13. The van der Waals surface area contributed by atoms with Crippen molar-refractivity contribution in [1.82, 2.24) is 0 Å². The highest BCUT2D eigenvalue weighted by Gasteiger charge is 2.14. The highest BCUT2D eigenvalue weighted by Crippen LogP contribution is 2.24. The van der Waals surface area contributed by atoms with Crippen molar-refractivity contribution in [2.45, 2.75) is 3.79 Å². The Morgan fingerprint density at radius 3 is 2.17 bits per heavy atom. The molecule has 0 fully saturated rings. The zero-order valence-corrected chi connectivity index (χ0v) is 8.31. The molecule has 0 unspecified atom stereocenters. The molecule has 0 aliphatic rings. The summed E-state index contributed by atoms with van der Waals surface area (Å²) in [6.45, 7) is 0. The fourth-order valence-corrected chi connectivity index (χ4v) is 0.808. The number of rotatable bonds is 1. The molecule has 0 amide bonds. The highest BCUT2D eigenvalue weighted by molar-refractivity contribution is 6.74.